The lowest BCUT2D eigenvalue weighted by Gasteiger charge is -2.26. The van der Waals surface area contributed by atoms with Crippen LogP contribution >= 0.6 is 0 Å². The van der Waals surface area contributed by atoms with Crippen LogP contribution in [0, 0.1) is 5.82 Å². The molecule has 0 spiro atoms. The number of rotatable bonds is 6. The molecule has 2 unspecified atom stereocenters. The van der Waals surface area contributed by atoms with Crippen molar-refractivity contribution in [1.82, 2.24) is 15.5 Å². The highest BCUT2D eigenvalue weighted by molar-refractivity contribution is 5.79. The van der Waals surface area contributed by atoms with Crippen molar-refractivity contribution in [2.45, 2.75) is 32.4 Å². The van der Waals surface area contributed by atoms with Crippen LogP contribution in [0.4, 0.5) is 4.39 Å². The van der Waals surface area contributed by atoms with Gasteiger partial charge in [0.1, 0.15) is 5.82 Å². The maximum atomic E-state index is 13.4. The maximum Gasteiger partial charge on any atom is 0.191 e. The average Bonchev–Trinajstić information content (AvgIpc) is 2.45. The van der Waals surface area contributed by atoms with Gasteiger partial charge in [0.05, 0.1) is 6.04 Å². The summed E-state index contributed by atoms with van der Waals surface area (Å²) in [4.78, 5) is 6.29. The molecule has 0 fully saturated rings. The number of benzene rings is 1. The van der Waals surface area contributed by atoms with E-state index in [-0.39, 0.29) is 11.9 Å². The first kappa shape index (κ1) is 17.4. The maximum absolute atomic E-state index is 13.4. The van der Waals surface area contributed by atoms with Crippen LogP contribution < -0.4 is 10.6 Å². The van der Waals surface area contributed by atoms with Gasteiger partial charge in [-0.2, -0.15) is 0 Å². The Morgan fingerprint density at radius 1 is 1.38 bits per heavy atom. The fourth-order valence-electron chi connectivity index (χ4n) is 2.04. The zero-order valence-corrected chi connectivity index (χ0v) is 13.7. The van der Waals surface area contributed by atoms with E-state index in [0.29, 0.717) is 12.6 Å². The summed E-state index contributed by atoms with van der Waals surface area (Å²) >= 11 is 0. The zero-order chi connectivity index (χ0) is 15.8. The zero-order valence-electron chi connectivity index (χ0n) is 13.7. The normalized spacial score (nSPS) is 14.9. The second-order valence-electron chi connectivity index (χ2n) is 5.44. The molecule has 0 radical (unpaired) electrons. The summed E-state index contributed by atoms with van der Waals surface area (Å²) in [5, 5.41) is 6.63. The molecule has 2 N–H and O–H groups in total. The third-order valence-electron chi connectivity index (χ3n) is 3.54. The summed E-state index contributed by atoms with van der Waals surface area (Å²) in [7, 11) is 5.73. The first-order valence-corrected chi connectivity index (χ1v) is 7.37. The monoisotopic (exact) mass is 294 g/mol. The van der Waals surface area contributed by atoms with Crippen molar-refractivity contribution in [3.63, 3.8) is 0 Å². The van der Waals surface area contributed by atoms with Crippen molar-refractivity contribution in [3.05, 3.63) is 35.6 Å². The molecule has 5 heteroatoms. The van der Waals surface area contributed by atoms with Crippen LogP contribution in [0.3, 0.4) is 0 Å². The van der Waals surface area contributed by atoms with Crippen molar-refractivity contribution in [1.29, 1.82) is 0 Å². The topological polar surface area (TPSA) is 39.7 Å². The lowest BCUT2D eigenvalue weighted by molar-refractivity contribution is 0.297. The number of nitrogens with zero attached hydrogens (tertiary/aromatic N) is 2. The van der Waals surface area contributed by atoms with Crippen LogP contribution in [0.1, 0.15) is 31.9 Å². The molecule has 1 aromatic carbocycles. The molecule has 0 amide bonds. The lowest BCUT2D eigenvalue weighted by atomic mass is 10.1. The highest BCUT2D eigenvalue weighted by Gasteiger charge is 2.15. The summed E-state index contributed by atoms with van der Waals surface area (Å²) in [6.07, 6.45) is 1.03. The van der Waals surface area contributed by atoms with E-state index >= 15 is 0 Å². The molecule has 118 valence electrons. The molecule has 4 nitrogen and oxygen atoms in total. The highest BCUT2D eigenvalue weighted by atomic mass is 19.1. The van der Waals surface area contributed by atoms with Crippen LogP contribution in [-0.2, 0) is 0 Å². The van der Waals surface area contributed by atoms with Crippen molar-refractivity contribution >= 4 is 5.96 Å². The molecule has 0 saturated heterocycles. The Kier molecular flexibility index (Phi) is 7.15. The third kappa shape index (κ3) is 5.71. The summed E-state index contributed by atoms with van der Waals surface area (Å²) in [6, 6.07) is 7.18. The van der Waals surface area contributed by atoms with E-state index in [9.17, 15) is 4.39 Å². The van der Waals surface area contributed by atoms with E-state index in [0.717, 1.165) is 17.9 Å². The Hall–Kier alpha value is -1.62. The van der Waals surface area contributed by atoms with Gasteiger partial charge < -0.3 is 15.5 Å². The number of nitrogens with one attached hydrogen (secondary N) is 2. The van der Waals surface area contributed by atoms with Gasteiger partial charge in [-0.1, -0.05) is 19.1 Å². The van der Waals surface area contributed by atoms with Gasteiger partial charge in [0.2, 0.25) is 0 Å². The van der Waals surface area contributed by atoms with Crippen LogP contribution in [0.25, 0.3) is 0 Å². The predicted octanol–water partition coefficient (Wildman–Crippen LogP) is 2.39. The smallest absolute Gasteiger partial charge is 0.191 e. The van der Waals surface area contributed by atoms with Gasteiger partial charge >= 0.3 is 0 Å². The van der Waals surface area contributed by atoms with Gasteiger partial charge in [-0.3, -0.25) is 4.99 Å². The second kappa shape index (κ2) is 8.62. The largest absolute Gasteiger partial charge is 0.354 e. The van der Waals surface area contributed by atoms with E-state index in [4.69, 9.17) is 0 Å². The number of likely N-dealkylation sites (N-methyl/N-ethyl adjacent to an activating group) is 1. The highest BCUT2D eigenvalue weighted by Crippen LogP contribution is 2.18. The standard InChI is InChI=1S/C16H27FN4/c1-6-12(2)20-16(18-3)19-11-15(21(4)5)13-8-7-9-14(17)10-13/h7-10,12,15H,6,11H2,1-5H3,(H2,18,19,20). The third-order valence-corrected chi connectivity index (χ3v) is 3.54. The summed E-state index contributed by atoms with van der Waals surface area (Å²) in [6.45, 7) is 4.90. The molecule has 1 rings (SSSR count). The van der Waals surface area contributed by atoms with Crippen molar-refractivity contribution in [2.75, 3.05) is 27.7 Å². The van der Waals surface area contributed by atoms with E-state index in [1.54, 1.807) is 19.2 Å². The van der Waals surface area contributed by atoms with Crippen LogP contribution in [0.15, 0.2) is 29.3 Å². The van der Waals surface area contributed by atoms with E-state index in [1.165, 1.54) is 6.07 Å². The van der Waals surface area contributed by atoms with Gasteiger partial charge in [0.15, 0.2) is 5.96 Å². The molecule has 21 heavy (non-hydrogen) atoms. The van der Waals surface area contributed by atoms with Gasteiger partial charge in [-0.25, -0.2) is 4.39 Å². The Balaban J connectivity index is 2.71. The van der Waals surface area contributed by atoms with Gasteiger partial charge in [0.25, 0.3) is 0 Å². The second-order valence-corrected chi connectivity index (χ2v) is 5.44. The van der Waals surface area contributed by atoms with Gasteiger partial charge in [-0.15, -0.1) is 0 Å². The molecule has 0 heterocycles. The number of hydrogen-bond acceptors (Lipinski definition) is 2. The van der Waals surface area contributed by atoms with Gasteiger partial charge in [-0.05, 0) is 45.1 Å². The summed E-state index contributed by atoms with van der Waals surface area (Å²) in [5.41, 5.74) is 0.950. The Morgan fingerprint density at radius 2 is 2.10 bits per heavy atom. The molecule has 0 saturated carbocycles. The molecular formula is C16H27FN4. The minimum atomic E-state index is -0.207. The lowest BCUT2D eigenvalue weighted by Crippen LogP contribution is -2.44. The molecular weight excluding hydrogens is 267 g/mol. The van der Waals surface area contributed by atoms with Crippen LogP contribution in [0.2, 0.25) is 0 Å². The minimum absolute atomic E-state index is 0.0798. The molecule has 2 atom stereocenters. The first-order chi connectivity index (χ1) is 9.97. The summed E-state index contributed by atoms with van der Waals surface area (Å²) in [5.74, 6) is 0.564. The fraction of sp³-hybridized carbons (Fsp3) is 0.562. The Morgan fingerprint density at radius 3 is 2.62 bits per heavy atom. The van der Waals surface area contributed by atoms with E-state index in [2.05, 4.69) is 34.4 Å². The molecule has 0 aliphatic heterocycles. The fourth-order valence-corrected chi connectivity index (χ4v) is 2.04. The first-order valence-electron chi connectivity index (χ1n) is 7.37. The van der Waals surface area contributed by atoms with Crippen molar-refractivity contribution < 1.29 is 4.39 Å². The number of aliphatic imine (C=N–C) groups is 1. The summed E-state index contributed by atoms with van der Waals surface area (Å²) < 4.78 is 13.4. The van der Waals surface area contributed by atoms with Crippen molar-refractivity contribution in [2.24, 2.45) is 4.99 Å². The molecule has 0 bridgehead atoms. The molecule has 0 aliphatic rings. The molecule has 1 aromatic rings. The number of halogens is 1. The Labute approximate surface area is 127 Å². The molecule has 0 aromatic heterocycles. The number of hydrogen-bond donors (Lipinski definition) is 2. The quantitative estimate of drug-likeness (QED) is 0.625. The molecule has 0 aliphatic carbocycles. The minimum Gasteiger partial charge on any atom is -0.354 e. The SMILES string of the molecule is CCC(C)NC(=NC)NCC(c1cccc(F)c1)N(C)C. The van der Waals surface area contributed by atoms with Crippen LogP contribution in [-0.4, -0.2) is 44.6 Å². The van der Waals surface area contributed by atoms with E-state index in [1.807, 2.05) is 20.2 Å². The average molecular weight is 294 g/mol. The predicted molar refractivity (Wildman–Crippen MR) is 87.1 cm³/mol. The van der Waals surface area contributed by atoms with Gasteiger partial charge in [0, 0.05) is 19.6 Å². The van der Waals surface area contributed by atoms with Crippen LogP contribution in [0.5, 0.6) is 0 Å². The number of guanidine groups is 1. The van der Waals surface area contributed by atoms with E-state index < -0.39 is 0 Å². The van der Waals surface area contributed by atoms with Crippen molar-refractivity contribution in [3.8, 4) is 0 Å². The Bertz CT molecular complexity index is 459.